The third-order valence-electron chi connectivity index (χ3n) is 3.69. The molecule has 1 amide bonds. The van der Waals surface area contributed by atoms with Gasteiger partial charge in [-0.1, -0.05) is 6.42 Å². The molecule has 2 atom stereocenters. The summed E-state index contributed by atoms with van der Waals surface area (Å²) in [6.45, 7) is 3.38. The van der Waals surface area contributed by atoms with Gasteiger partial charge in [-0.3, -0.25) is 4.79 Å². The van der Waals surface area contributed by atoms with Crippen molar-refractivity contribution in [1.82, 2.24) is 5.32 Å². The lowest BCUT2D eigenvalue weighted by atomic mass is 9.95. The molecule has 3 N–H and O–H groups in total. The lowest BCUT2D eigenvalue weighted by Crippen LogP contribution is -2.34. The van der Waals surface area contributed by atoms with E-state index in [0.29, 0.717) is 19.0 Å². The number of hydrogen-bond donors (Lipinski definition) is 2. The molecular formula is C13H20N2OS. The van der Waals surface area contributed by atoms with Crippen molar-refractivity contribution < 1.29 is 4.79 Å². The monoisotopic (exact) mass is 252 g/mol. The Morgan fingerprint density at radius 1 is 1.59 bits per heavy atom. The van der Waals surface area contributed by atoms with Gasteiger partial charge in [0, 0.05) is 10.8 Å². The Balaban J connectivity index is 1.87. The second-order valence-corrected chi connectivity index (χ2v) is 5.78. The molecule has 1 aromatic heterocycles. The number of hydrogen-bond acceptors (Lipinski definition) is 3. The summed E-state index contributed by atoms with van der Waals surface area (Å²) in [7, 11) is 0. The molecule has 0 aromatic carbocycles. The van der Waals surface area contributed by atoms with E-state index in [4.69, 9.17) is 5.73 Å². The molecule has 17 heavy (non-hydrogen) atoms. The Kier molecular flexibility index (Phi) is 4.18. The van der Waals surface area contributed by atoms with Crippen LogP contribution in [0.1, 0.15) is 29.7 Å². The third-order valence-corrected chi connectivity index (χ3v) is 4.71. The summed E-state index contributed by atoms with van der Waals surface area (Å²) in [6, 6.07) is 2.09. The van der Waals surface area contributed by atoms with E-state index in [2.05, 4.69) is 23.7 Å². The molecule has 94 valence electrons. The Hall–Kier alpha value is -0.870. The van der Waals surface area contributed by atoms with Crippen LogP contribution in [0, 0.1) is 18.8 Å². The third kappa shape index (κ3) is 2.87. The second-order valence-electron chi connectivity index (χ2n) is 4.78. The van der Waals surface area contributed by atoms with Crippen molar-refractivity contribution in [3.05, 3.63) is 21.9 Å². The maximum Gasteiger partial charge on any atom is 0.223 e. The zero-order valence-electron chi connectivity index (χ0n) is 10.2. The summed E-state index contributed by atoms with van der Waals surface area (Å²) in [4.78, 5) is 13.3. The van der Waals surface area contributed by atoms with Crippen molar-refractivity contribution >= 4 is 17.2 Å². The van der Waals surface area contributed by atoms with Gasteiger partial charge >= 0.3 is 0 Å². The Morgan fingerprint density at radius 3 is 3.06 bits per heavy atom. The van der Waals surface area contributed by atoms with E-state index in [0.717, 1.165) is 19.3 Å². The predicted octanol–water partition coefficient (Wildman–Crippen LogP) is 2.05. The van der Waals surface area contributed by atoms with Gasteiger partial charge in [-0.05, 0) is 49.2 Å². The first-order valence-electron chi connectivity index (χ1n) is 6.23. The molecule has 1 aromatic rings. The maximum absolute atomic E-state index is 12.1. The summed E-state index contributed by atoms with van der Waals surface area (Å²) in [5.74, 6) is 0.713. The zero-order valence-corrected chi connectivity index (χ0v) is 11.1. The fourth-order valence-electron chi connectivity index (χ4n) is 2.55. The van der Waals surface area contributed by atoms with Gasteiger partial charge in [-0.25, -0.2) is 0 Å². The fourth-order valence-corrected chi connectivity index (χ4v) is 3.39. The highest BCUT2D eigenvalue weighted by Gasteiger charge is 2.31. The van der Waals surface area contributed by atoms with Gasteiger partial charge in [0.15, 0.2) is 0 Å². The van der Waals surface area contributed by atoms with Gasteiger partial charge < -0.3 is 11.1 Å². The van der Waals surface area contributed by atoms with Gasteiger partial charge in [-0.2, -0.15) is 0 Å². The Labute approximate surface area is 106 Å². The summed E-state index contributed by atoms with van der Waals surface area (Å²) >= 11 is 1.70. The number of aryl methyl sites for hydroxylation is 1. The molecule has 1 aliphatic carbocycles. The molecule has 0 spiro atoms. The fraction of sp³-hybridized carbons (Fsp3) is 0.615. The lowest BCUT2D eigenvalue weighted by molar-refractivity contribution is -0.126. The minimum atomic E-state index is 0.139. The molecule has 0 bridgehead atoms. The van der Waals surface area contributed by atoms with E-state index < -0.39 is 0 Å². The number of nitrogens with one attached hydrogen (secondary N) is 1. The Bertz CT molecular complexity index is 389. The lowest BCUT2D eigenvalue weighted by Gasteiger charge is -2.17. The smallest absolute Gasteiger partial charge is 0.223 e. The summed E-state index contributed by atoms with van der Waals surface area (Å²) in [5.41, 5.74) is 6.96. The average Bonchev–Trinajstić information content (AvgIpc) is 2.94. The number of amides is 1. The molecule has 1 aliphatic rings. The summed E-state index contributed by atoms with van der Waals surface area (Å²) in [6.07, 6.45) is 3.24. The molecule has 1 heterocycles. The maximum atomic E-state index is 12.1. The standard InChI is InChI=1S/C13H20N2OS/c1-9-5-6-17-12(9)8-15-13(16)11-4-2-3-10(11)7-14/h5-6,10-11H,2-4,7-8,14H2,1H3,(H,15,16)/t10-,11-/m1/s1. The van der Waals surface area contributed by atoms with Crippen LogP contribution in [-0.4, -0.2) is 12.5 Å². The highest BCUT2D eigenvalue weighted by atomic mass is 32.1. The number of carbonyl (C=O) groups excluding carboxylic acids is 1. The molecule has 3 nitrogen and oxygen atoms in total. The van der Waals surface area contributed by atoms with Crippen LogP contribution >= 0.6 is 11.3 Å². The number of nitrogens with two attached hydrogens (primary N) is 1. The van der Waals surface area contributed by atoms with Crippen LogP contribution in [0.4, 0.5) is 0 Å². The molecule has 1 saturated carbocycles. The highest BCUT2D eigenvalue weighted by molar-refractivity contribution is 7.10. The van der Waals surface area contributed by atoms with Gasteiger partial charge in [0.1, 0.15) is 0 Å². The first kappa shape index (κ1) is 12.6. The molecule has 0 saturated heterocycles. The van der Waals surface area contributed by atoms with Crippen molar-refractivity contribution in [2.45, 2.75) is 32.7 Å². The van der Waals surface area contributed by atoms with Crippen LogP contribution in [0.15, 0.2) is 11.4 Å². The van der Waals surface area contributed by atoms with Crippen LogP contribution in [0.5, 0.6) is 0 Å². The minimum absolute atomic E-state index is 0.139. The summed E-state index contributed by atoms with van der Waals surface area (Å²) < 4.78 is 0. The molecule has 0 unspecified atom stereocenters. The molecule has 4 heteroatoms. The normalized spacial score (nSPS) is 23.9. The topological polar surface area (TPSA) is 55.1 Å². The van der Waals surface area contributed by atoms with Crippen LogP contribution in [-0.2, 0) is 11.3 Å². The Morgan fingerprint density at radius 2 is 2.41 bits per heavy atom. The first-order chi connectivity index (χ1) is 8.22. The number of rotatable bonds is 4. The first-order valence-corrected chi connectivity index (χ1v) is 7.11. The average molecular weight is 252 g/mol. The molecular weight excluding hydrogens is 232 g/mol. The van der Waals surface area contributed by atoms with E-state index in [1.165, 1.54) is 10.4 Å². The summed E-state index contributed by atoms with van der Waals surface area (Å²) in [5, 5.41) is 5.11. The van der Waals surface area contributed by atoms with E-state index in [1.807, 2.05) is 0 Å². The van der Waals surface area contributed by atoms with E-state index in [1.54, 1.807) is 11.3 Å². The van der Waals surface area contributed by atoms with Crippen molar-refractivity contribution in [2.75, 3.05) is 6.54 Å². The van der Waals surface area contributed by atoms with Gasteiger partial charge in [0.2, 0.25) is 5.91 Å². The molecule has 0 aliphatic heterocycles. The van der Waals surface area contributed by atoms with Gasteiger partial charge in [-0.15, -0.1) is 11.3 Å². The van der Waals surface area contributed by atoms with Crippen molar-refractivity contribution in [3.8, 4) is 0 Å². The van der Waals surface area contributed by atoms with Crippen molar-refractivity contribution in [2.24, 2.45) is 17.6 Å². The van der Waals surface area contributed by atoms with Crippen LogP contribution in [0.3, 0.4) is 0 Å². The zero-order chi connectivity index (χ0) is 12.3. The number of carbonyl (C=O) groups is 1. The predicted molar refractivity (Wildman–Crippen MR) is 70.8 cm³/mol. The largest absolute Gasteiger partial charge is 0.351 e. The second kappa shape index (κ2) is 5.65. The van der Waals surface area contributed by atoms with E-state index >= 15 is 0 Å². The molecule has 0 radical (unpaired) electrons. The highest BCUT2D eigenvalue weighted by Crippen LogP contribution is 2.31. The number of thiophene rings is 1. The van der Waals surface area contributed by atoms with Gasteiger partial charge in [0.05, 0.1) is 6.54 Å². The van der Waals surface area contributed by atoms with Crippen LogP contribution < -0.4 is 11.1 Å². The van der Waals surface area contributed by atoms with Crippen molar-refractivity contribution in [3.63, 3.8) is 0 Å². The quantitative estimate of drug-likeness (QED) is 0.861. The van der Waals surface area contributed by atoms with Crippen LogP contribution in [0.25, 0.3) is 0 Å². The van der Waals surface area contributed by atoms with Crippen molar-refractivity contribution in [1.29, 1.82) is 0 Å². The van der Waals surface area contributed by atoms with Crippen LogP contribution in [0.2, 0.25) is 0 Å². The van der Waals surface area contributed by atoms with Gasteiger partial charge in [0.25, 0.3) is 0 Å². The molecule has 1 fully saturated rings. The SMILES string of the molecule is Cc1ccsc1CNC(=O)[C@@H]1CCC[C@@H]1CN. The minimum Gasteiger partial charge on any atom is -0.351 e. The molecule has 2 rings (SSSR count). The van der Waals surface area contributed by atoms with E-state index in [-0.39, 0.29) is 11.8 Å². The van der Waals surface area contributed by atoms with E-state index in [9.17, 15) is 4.79 Å².